The molecular weight excluding hydrogens is 319 g/mol. The van der Waals surface area contributed by atoms with Gasteiger partial charge < -0.3 is 15.7 Å². The summed E-state index contributed by atoms with van der Waals surface area (Å²) in [6.45, 7) is 2.71. The first kappa shape index (κ1) is 17.4. The fourth-order valence-corrected chi connectivity index (χ4v) is 3.41. The highest BCUT2D eigenvalue weighted by Gasteiger charge is 2.32. The average Bonchev–Trinajstić information content (AvgIpc) is 2.96. The average molecular weight is 342 g/mol. The minimum Gasteiger partial charge on any atom is -0.392 e. The van der Waals surface area contributed by atoms with Crippen LogP contribution in [0.1, 0.15) is 29.2 Å². The lowest BCUT2D eigenvalue weighted by Crippen LogP contribution is -2.41. The maximum atomic E-state index is 13.4. The first-order valence-electron chi connectivity index (χ1n) is 8.46. The van der Waals surface area contributed by atoms with E-state index in [2.05, 4.69) is 29.7 Å². The van der Waals surface area contributed by atoms with Gasteiger partial charge in [0.25, 0.3) is 0 Å². The van der Waals surface area contributed by atoms with Gasteiger partial charge in [-0.1, -0.05) is 37.3 Å². The molecule has 5 heteroatoms. The first-order chi connectivity index (χ1) is 12.0. The molecule has 0 fully saturated rings. The molecule has 0 aliphatic heterocycles. The molecule has 0 bridgehead atoms. The summed E-state index contributed by atoms with van der Waals surface area (Å²) in [4.78, 5) is 12.1. The molecule has 0 spiro atoms. The number of urea groups is 1. The zero-order valence-corrected chi connectivity index (χ0v) is 14.3. The molecule has 25 heavy (non-hydrogen) atoms. The second-order valence-electron chi connectivity index (χ2n) is 7.05. The fraction of sp³-hybridized carbons (Fsp3) is 0.350. The minimum absolute atomic E-state index is 0.0287. The Bertz CT molecular complexity index is 751. The van der Waals surface area contributed by atoms with Crippen LogP contribution in [0.25, 0.3) is 0 Å². The van der Waals surface area contributed by atoms with Crippen molar-refractivity contribution in [3.63, 3.8) is 0 Å². The van der Waals surface area contributed by atoms with Gasteiger partial charge in [-0.05, 0) is 47.1 Å². The number of carbonyl (C=O) groups is 1. The lowest BCUT2D eigenvalue weighted by molar-refractivity contribution is 0.232. The predicted octanol–water partition coefficient (Wildman–Crippen LogP) is 2.92. The molecule has 1 aliphatic carbocycles. The van der Waals surface area contributed by atoms with E-state index in [0.29, 0.717) is 6.54 Å². The van der Waals surface area contributed by atoms with Crippen LogP contribution in [0.3, 0.4) is 0 Å². The molecule has 0 heterocycles. The summed E-state index contributed by atoms with van der Waals surface area (Å²) in [5.74, 6) is -0.440. The van der Waals surface area contributed by atoms with Crippen molar-refractivity contribution in [1.82, 2.24) is 10.6 Å². The second-order valence-corrected chi connectivity index (χ2v) is 7.05. The number of aliphatic hydroxyl groups is 1. The van der Waals surface area contributed by atoms with Crippen LogP contribution < -0.4 is 10.6 Å². The Hall–Kier alpha value is -2.40. The van der Waals surface area contributed by atoms with Crippen LogP contribution in [0.2, 0.25) is 0 Å². The van der Waals surface area contributed by atoms with E-state index in [0.717, 1.165) is 18.4 Å². The van der Waals surface area contributed by atoms with Gasteiger partial charge in [-0.2, -0.15) is 0 Å². The Morgan fingerprint density at radius 3 is 2.48 bits per heavy atom. The van der Waals surface area contributed by atoms with Crippen LogP contribution in [0, 0.1) is 11.2 Å². The third-order valence-corrected chi connectivity index (χ3v) is 4.76. The molecule has 2 aromatic rings. The van der Waals surface area contributed by atoms with Gasteiger partial charge in [-0.3, -0.25) is 0 Å². The predicted molar refractivity (Wildman–Crippen MR) is 94.5 cm³/mol. The summed E-state index contributed by atoms with van der Waals surface area (Å²) in [6, 6.07) is 12.6. The van der Waals surface area contributed by atoms with Gasteiger partial charge >= 0.3 is 6.03 Å². The van der Waals surface area contributed by atoms with Gasteiger partial charge in [-0.15, -0.1) is 0 Å². The molecule has 3 N–H and O–H groups in total. The second kappa shape index (κ2) is 7.23. The van der Waals surface area contributed by atoms with E-state index in [-0.39, 0.29) is 30.2 Å². The van der Waals surface area contributed by atoms with Crippen molar-refractivity contribution in [2.45, 2.75) is 32.9 Å². The number of amides is 2. The minimum atomic E-state index is -0.440. The molecule has 0 saturated heterocycles. The number of hydrogen-bond donors (Lipinski definition) is 3. The SMILES string of the molecule is CC1(CNC(=O)NCc2ccc(F)c(CO)c2)Cc2ccccc2C1. The largest absolute Gasteiger partial charge is 0.392 e. The fourth-order valence-electron chi connectivity index (χ4n) is 3.41. The molecular formula is C20H23FN2O2. The van der Waals surface area contributed by atoms with Crippen molar-refractivity contribution < 1.29 is 14.3 Å². The number of hydrogen-bond acceptors (Lipinski definition) is 2. The maximum Gasteiger partial charge on any atom is 0.315 e. The molecule has 4 nitrogen and oxygen atoms in total. The summed E-state index contributed by atoms with van der Waals surface area (Å²) in [5.41, 5.74) is 3.72. The number of carbonyl (C=O) groups excluding carboxylic acids is 1. The summed E-state index contributed by atoms with van der Waals surface area (Å²) in [7, 11) is 0. The molecule has 1 aliphatic rings. The Kier molecular flexibility index (Phi) is 5.04. The van der Waals surface area contributed by atoms with Gasteiger partial charge in [0, 0.05) is 18.7 Å². The smallest absolute Gasteiger partial charge is 0.315 e. The Morgan fingerprint density at radius 2 is 1.84 bits per heavy atom. The van der Waals surface area contributed by atoms with Crippen LogP contribution in [-0.2, 0) is 26.0 Å². The highest BCUT2D eigenvalue weighted by Crippen LogP contribution is 2.35. The lowest BCUT2D eigenvalue weighted by Gasteiger charge is -2.24. The summed E-state index contributed by atoms with van der Waals surface area (Å²) in [6.07, 6.45) is 1.92. The summed E-state index contributed by atoms with van der Waals surface area (Å²) < 4.78 is 13.4. The van der Waals surface area contributed by atoms with Crippen molar-refractivity contribution in [3.8, 4) is 0 Å². The molecule has 3 rings (SSSR count). The van der Waals surface area contributed by atoms with Crippen molar-refractivity contribution >= 4 is 6.03 Å². The highest BCUT2D eigenvalue weighted by atomic mass is 19.1. The maximum absolute atomic E-state index is 13.4. The first-order valence-corrected chi connectivity index (χ1v) is 8.46. The van der Waals surface area contributed by atoms with Crippen LogP contribution >= 0.6 is 0 Å². The molecule has 0 atom stereocenters. The molecule has 2 amide bonds. The van der Waals surface area contributed by atoms with Crippen molar-refractivity contribution in [1.29, 1.82) is 0 Å². The summed E-state index contributed by atoms with van der Waals surface area (Å²) in [5, 5.41) is 14.8. The number of halogens is 1. The Morgan fingerprint density at radius 1 is 1.16 bits per heavy atom. The van der Waals surface area contributed by atoms with Gasteiger partial charge in [0.1, 0.15) is 5.82 Å². The monoisotopic (exact) mass is 342 g/mol. The number of benzene rings is 2. The van der Waals surface area contributed by atoms with Crippen molar-refractivity contribution in [2.75, 3.05) is 6.54 Å². The number of fused-ring (bicyclic) bond motifs is 1. The Balaban J connectivity index is 1.49. The van der Waals surface area contributed by atoms with E-state index < -0.39 is 5.82 Å². The van der Waals surface area contributed by atoms with E-state index in [1.807, 2.05) is 12.1 Å². The third kappa shape index (κ3) is 4.17. The molecule has 2 aromatic carbocycles. The zero-order valence-electron chi connectivity index (χ0n) is 14.3. The standard InChI is InChI=1S/C20H23FN2O2/c1-20(9-15-4-2-3-5-16(15)10-20)13-23-19(25)22-11-14-6-7-18(21)17(8-14)12-24/h2-8,24H,9-13H2,1H3,(H2,22,23,25). The number of aliphatic hydroxyl groups excluding tert-OH is 1. The van der Waals surface area contributed by atoms with E-state index in [1.165, 1.54) is 17.2 Å². The highest BCUT2D eigenvalue weighted by molar-refractivity contribution is 5.73. The molecule has 132 valence electrons. The van der Waals surface area contributed by atoms with E-state index in [1.54, 1.807) is 12.1 Å². The lowest BCUT2D eigenvalue weighted by atomic mass is 9.87. The van der Waals surface area contributed by atoms with E-state index >= 15 is 0 Å². The van der Waals surface area contributed by atoms with Gasteiger partial charge in [0.15, 0.2) is 0 Å². The van der Waals surface area contributed by atoms with E-state index in [9.17, 15) is 9.18 Å². The summed E-state index contributed by atoms with van der Waals surface area (Å²) >= 11 is 0. The molecule has 0 unspecified atom stereocenters. The van der Waals surface area contributed by atoms with Crippen molar-refractivity contribution in [3.05, 3.63) is 70.5 Å². The normalized spacial score (nSPS) is 14.8. The molecule has 0 radical (unpaired) electrons. The molecule has 0 saturated carbocycles. The van der Waals surface area contributed by atoms with Crippen molar-refractivity contribution in [2.24, 2.45) is 5.41 Å². The van der Waals surface area contributed by atoms with Crippen LogP contribution in [0.15, 0.2) is 42.5 Å². The third-order valence-electron chi connectivity index (χ3n) is 4.76. The van der Waals surface area contributed by atoms with Crippen LogP contribution in [-0.4, -0.2) is 17.7 Å². The quantitative estimate of drug-likeness (QED) is 0.782. The van der Waals surface area contributed by atoms with Gasteiger partial charge in [0.2, 0.25) is 0 Å². The Labute approximate surface area is 147 Å². The van der Waals surface area contributed by atoms with Crippen LogP contribution in [0.4, 0.5) is 9.18 Å². The van der Waals surface area contributed by atoms with Crippen LogP contribution in [0.5, 0.6) is 0 Å². The topological polar surface area (TPSA) is 61.4 Å². The molecule has 0 aromatic heterocycles. The zero-order chi connectivity index (χ0) is 17.9. The van der Waals surface area contributed by atoms with E-state index in [4.69, 9.17) is 5.11 Å². The van der Waals surface area contributed by atoms with Gasteiger partial charge in [-0.25, -0.2) is 9.18 Å². The number of rotatable bonds is 5. The number of nitrogens with one attached hydrogen (secondary N) is 2. The van der Waals surface area contributed by atoms with Gasteiger partial charge in [0.05, 0.1) is 6.61 Å².